The van der Waals surface area contributed by atoms with Crippen LogP contribution >= 0.6 is 0 Å². The lowest BCUT2D eigenvalue weighted by Gasteiger charge is -2.37. The van der Waals surface area contributed by atoms with Gasteiger partial charge in [-0.3, -0.25) is 4.57 Å². The van der Waals surface area contributed by atoms with Gasteiger partial charge in [0.15, 0.2) is 0 Å². The molecule has 9 aromatic carbocycles. The average Bonchev–Trinajstić information content (AvgIpc) is 3.77. The molecule has 0 N–H and O–H groups in total. The third kappa shape index (κ3) is 3.76. The summed E-state index contributed by atoms with van der Waals surface area (Å²) in [4.78, 5) is 10.8. The van der Waals surface area contributed by atoms with Crippen molar-refractivity contribution in [1.29, 1.82) is 0 Å². The van der Waals surface area contributed by atoms with Crippen LogP contribution in [0.4, 0.5) is 0 Å². The molecule has 0 saturated carbocycles. The van der Waals surface area contributed by atoms with E-state index in [9.17, 15) is 0 Å². The first-order valence-electron chi connectivity index (χ1n) is 19.3. The lowest BCUT2D eigenvalue weighted by molar-refractivity contribution is 0.783. The highest BCUT2D eigenvalue weighted by Crippen LogP contribution is 2.62. The van der Waals surface area contributed by atoms with Crippen LogP contribution in [0.3, 0.4) is 0 Å². The molecule has 56 heavy (non-hydrogen) atoms. The summed E-state index contributed by atoms with van der Waals surface area (Å²) in [7, 11) is 0. The molecule has 0 aliphatic heterocycles. The fourth-order valence-corrected chi connectivity index (χ4v) is 10.3. The van der Waals surface area contributed by atoms with Crippen LogP contribution in [-0.2, 0) is 5.41 Å². The van der Waals surface area contributed by atoms with Gasteiger partial charge in [-0.15, -0.1) is 0 Å². The molecule has 2 aliphatic carbocycles. The molecule has 0 fully saturated rings. The van der Waals surface area contributed by atoms with E-state index in [4.69, 9.17) is 9.97 Å². The van der Waals surface area contributed by atoms with Crippen LogP contribution in [-0.4, -0.2) is 14.5 Å². The number of hydrogen-bond acceptors (Lipinski definition) is 2. The zero-order chi connectivity index (χ0) is 36.5. The summed E-state index contributed by atoms with van der Waals surface area (Å²) in [5.41, 5.74) is 15.0. The summed E-state index contributed by atoms with van der Waals surface area (Å²) >= 11 is 0. The summed E-state index contributed by atoms with van der Waals surface area (Å²) in [6, 6.07) is 68.8. The molecule has 3 heteroatoms. The Kier molecular flexibility index (Phi) is 5.83. The van der Waals surface area contributed by atoms with Gasteiger partial charge in [-0.05, 0) is 90.3 Å². The first kappa shape index (κ1) is 30.0. The second kappa shape index (κ2) is 10.9. The molecule has 0 atom stereocenters. The summed E-state index contributed by atoms with van der Waals surface area (Å²) < 4.78 is 2.32. The van der Waals surface area contributed by atoms with Crippen molar-refractivity contribution in [2.75, 3.05) is 0 Å². The van der Waals surface area contributed by atoms with E-state index in [1.165, 1.54) is 76.8 Å². The van der Waals surface area contributed by atoms with Crippen LogP contribution in [0, 0.1) is 0 Å². The third-order valence-electron chi connectivity index (χ3n) is 12.6. The van der Waals surface area contributed by atoms with Crippen LogP contribution in [0.2, 0.25) is 0 Å². The van der Waals surface area contributed by atoms with Gasteiger partial charge in [-0.1, -0.05) is 164 Å². The first-order chi connectivity index (χ1) is 27.8. The van der Waals surface area contributed by atoms with Crippen molar-refractivity contribution in [3.63, 3.8) is 0 Å². The molecule has 0 radical (unpaired) electrons. The molecule has 3 nitrogen and oxygen atoms in total. The van der Waals surface area contributed by atoms with E-state index >= 15 is 0 Å². The minimum Gasteiger partial charge on any atom is -0.278 e. The Hall–Kier alpha value is -7.36. The van der Waals surface area contributed by atoms with Crippen LogP contribution in [0.15, 0.2) is 188 Å². The summed E-state index contributed by atoms with van der Waals surface area (Å²) in [6.45, 7) is 0. The van der Waals surface area contributed by atoms with Crippen molar-refractivity contribution in [2.24, 2.45) is 0 Å². The standard InChI is InChI=1S/C53H31N3/c1-2-12-36-31-37(28-25-32(36)11-1)33-23-26-35(27-24-33)51-40-16-5-8-21-45(40)54-52(55-51)56-46-22-10-20-44-49(46)50-47(56)30-29-34-13-9-19-43(48(34)50)53(44)41-17-6-3-14-38(41)39-15-4-7-18-42(39)53/h1-31H. The Bertz CT molecular complexity index is 3430. The molecular formula is C53H31N3. The molecule has 0 unspecified atom stereocenters. The molecule has 0 bridgehead atoms. The van der Waals surface area contributed by atoms with Gasteiger partial charge in [0.05, 0.1) is 27.7 Å². The van der Waals surface area contributed by atoms with Crippen molar-refractivity contribution < 1.29 is 0 Å². The van der Waals surface area contributed by atoms with Crippen LogP contribution in [0.5, 0.6) is 0 Å². The largest absolute Gasteiger partial charge is 0.278 e. The van der Waals surface area contributed by atoms with E-state index < -0.39 is 5.41 Å². The van der Waals surface area contributed by atoms with Gasteiger partial charge < -0.3 is 0 Å². The van der Waals surface area contributed by atoms with Crippen LogP contribution in [0.25, 0.3) is 93.7 Å². The maximum absolute atomic E-state index is 5.50. The summed E-state index contributed by atoms with van der Waals surface area (Å²) in [6.07, 6.45) is 0. The number of para-hydroxylation sites is 1. The normalized spacial score (nSPS) is 13.5. The number of nitrogens with zero attached hydrogens (tertiary/aromatic N) is 3. The average molecular weight is 710 g/mol. The number of benzene rings is 9. The Balaban J connectivity index is 1.07. The van der Waals surface area contributed by atoms with E-state index in [0.29, 0.717) is 5.95 Å². The predicted molar refractivity (Wildman–Crippen MR) is 231 cm³/mol. The number of aromatic nitrogens is 3. The number of fused-ring (bicyclic) bond motifs is 9. The smallest absolute Gasteiger partial charge is 0.235 e. The molecule has 0 saturated heterocycles. The van der Waals surface area contributed by atoms with Crippen LogP contribution < -0.4 is 0 Å². The quantitative estimate of drug-likeness (QED) is 0.183. The second-order valence-corrected chi connectivity index (χ2v) is 15.3. The van der Waals surface area contributed by atoms with Gasteiger partial charge >= 0.3 is 0 Å². The van der Waals surface area contributed by atoms with Crippen molar-refractivity contribution in [3.8, 4) is 39.5 Å². The van der Waals surface area contributed by atoms with Crippen molar-refractivity contribution in [2.45, 2.75) is 5.41 Å². The Morgan fingerprint density at radius 3 is 1.79 bits per heavy atom. The second-order valence-electron chi connectivity index (χ2n) is 15.3. The van der Waals surface area contributed by atoms with E-state index in [1.807, 2.05) is 0 Å². The fourth-order valence-electron chi connectivity index (χ4n) is 10.3. The topological polar surface area (TPSA) is 30.7 Å². The van der Waals surface area contributed by atoms with E-state index in [1.54, 1.807) is 0 Å². The van der Waals surface area contributed by atoms with E-state index in [2.05, 4.69) is 193 Å². The molecule has 258 valence electrons. The molecule has 1 spiro atoms. The highest BCUT2D eigenvalue weighted by Gasteiger charge is 2.50. The zero-order valence-corrected chi connectivity index (χ0v) is 30.2. The van der Waals surface area contributed by atoms with Crippen LogP contribution in [0.1, 0.15) is 22.3 Å². The van der Waals surface area contributed by atoms with Gasteiger partial charge in [-0.2, -0.15) is 0 Å². The monoisotopic (exact) mass is 709 g/mol. The summed E-state index contributed by atoms with van der Waals surface area (Å²) in [5.74, 6) is 0.675. The van der Waals surface area contributed by atoms with Gasteiger partial charge in [-0.25, -0.2) is 9.97 Å². The zero-order valence-electron chi connectivity index (χ0n) is 30.2. The molecule has 13 rings (SSSR count). The highest BCUT2D eigenvalue weighted by molar-refractivity contribution is 6.26. The van der Waals surface area contributed by atoms with Gasteiger partial charge in [0, 0.05) is 21.7 Å². The Labute approximate surface area is 322 Å². The van der Waals surface area contributed by atoms with Gasteiger partial charge in [0.2, 0.25) is 5.95 Å². The molecule has 2 heterocycles. The van der Waals surface area contributed by atoms with Crippen molar-refractivity contribution in [3.05, 3.63) is 210 Å². The minimum atomic E-state index is -0.456. The van der Waals surface area contributed by atoms with Gasteiger partial charge in [0.1, 0.15) is 0 Å². The number of hydrogen-bond donors (Lipinski definition) is 0. The van der Waals surface area contributed by atoms with Gasteiger partial charge in [0.25, 0.3) is 0 Å². The molecular weight excluding hydrogens is 679 g/mol. The Morgan fingerprint density at radius 2 is 0.964 bits per heavy atom. The molecule has 2 aliphatic rings. The molecule has 0 amide bonds. The van der Waals surface area contributed by atoms with Crippen molar-refractivity contribution in [1.82, 2.24) is 14.5 Å². The Morgan fingerprint density at radius 1 is 0.375 bits per heavy atom. The maximum Gasteiger partial charge on any atom is 0.235 e. The predicted octanol–water partition coefficient (Wildman–Crippen LogP) is 13.0. The summed E-state index contributed by atoms with van der Waals surface area (Å²) in [5, 5.41) is 8.63. The fraction of sp³-hybridized carbons (Fsp3) is 0.0189. The lowest BCUT2D eigenvalue weighted by Crippen LogP contribution is -2.30. The van der Waals surface area contributed by atoms with E-state index in [-0.39, 0.29) is 0 Å². The van der Waals surface area contributed by atoms with E-state index in [0.717, 1.165) is 33.2 Å². The molecule has 2 aromatic heterocycles. The lowest BCUT2D eigenvalue weighted by atomic mass is 9.63. The molecule has 11 aromatic rings. The highest BCUT2D eigenvalue weighted by atomic mass is 15.2. The number of rotatable bonds is 3. The third-order valence-corrected chi connectivity index (χ3v) is 12.6. The minimum absolute atomic E-state index is 0.456. The SMILES string of the molecule is c1ccc2c(c1)-c1ccccc1C21c2cccc3ccc4c(c23)c2c1cccc2n4-c1nc(-c2ccc(-c3ccc4ccccc4c3)cc2)c2ccccc2n1. The maximum atomic E-state index is 5.50. The van der Waals surface area contributed by atoms with Crippen molar-refractivity contribution >= 4 is 54.3 Å². The first-order valence-corrected chi connectivity index (χ1v) is 19.3.